The summed E-state index contributed by atoms with van der Waals surface area (Å²) in [6.45, 7) is 7.21. The van der Waals surface area contributed by atoms with Crippen LogP contribution in [0.3, 0.4) is 0 Å². The molecule has 1 fully saturated rings. The Balaban J connectivity index is 2.10. The van der Waals surface area contributed by atoms with Crippen molar-refractivity contribution in [1.29, 1.82) is 0 Å². The van der Waals surface area contributed by atoms with Crippen LogP contribution in [0.2, 0.25) is 0 Å². The highest BCUT2D eigenvalue weighted by Crippen LogP contribution is 2.23. The van der Waals surface area contributed by atoms with E-state index in [-0.39, 0.29) is 0 Å². The molecule has 2 unspecified atom stereocenters. The summed E-state index contributed by atoms with van der Waals surface area (Å²) in [6, 6.07) is 0. The van der Waals surface area contributed by atoms with Crippen LogP contribution in [0.15, 0.2) is 12.4 Å². The molecule has 16 heavy (non-hydrogen) atoms. The van der Waals surface area contributed by atoms with Gasteiger partial charge in [0, 0.05) is 37.6 Å². The Labute approximate surface area is 96.9 Å². The maximum absolute atomic E-state index is 5.53. The second kappa shape index (κ2) is 4.78. The fourth-order valence-electron chi connectivity index (χ4n) is 2.44. The van der Waals surface area contributed by atoms with Crippen LogP contribution in [-0.4, -0.2) is 23.1 Å². The maximum Gasteiger partial charge on any atom is 0.225 e. The smallest absolute Gasteiger partial charge is 0.225 e. The minimum absolute atomic E-state index is 0.507. The van der Waals surface area contributed by atoms with E-state index >= 15 is 0 Å². The third kappa shape index (κ3) is 2.50. The van der Waals surface area contributed by atoms with E-state index in [1.54, 1.807) is 0 Å². The first-order valence-corrected chi connectivity index (χ1v) is 5.95. The number of hydrogen-bond acceptors (Lipinski definition) is 4. The molecule has 0 radical (unpaired) electrons. The highest BCUT2D eigenvalue weighted by Gasteiger charge is 2.23. The predicted molar refractivity (Wildman–Crippen MR) is 65.1 cm³/mol. The van der Waals surface area contributed by atoms with Gasteiger partial charge in [-0.25, -0.2) is 9.97 Å². The molecule has 0 aromatic carbocycles. The number of nitrogens with two attached hydrogens (primary N) is 1. The molecule has 0 saturated carbocycles. The summed E-state index contributed by atoms with van der Waals surface area (Å²) < 4.78 is 0. The average molecular weight is 220 g/mol. The number of hydrogen-bond donors (Lipinski definition) is 1. The SMILES string of the molecule is CC1CC(C)CN(c2ncc(CN)cn2)C1. The van der Waals surface area contributed by atoms with Crippen LogP contribution in [0.25, 0.3) is 0 Å². The molecule has 2 rings (SSSR count). The van der Waals surface area contributed by atoms with E-state index in [9.17, 15) is 0 Å². The first-order chi connectivity index (χ1) is 7.69. The monoisotopic (exact) mass is 220 g/mol. The van der Waals surface area contributed by atoms with Gasteiger partial charge in [-0.15, -0.1) is 0 Å². The van der Waals surface area contributed by atoms with Crippen LogP contribution in [0, 0.1) is 11.8 Å². The first-order valence-electron chi connectivity index (χ1n) is 5.95. The van der Waals surface area contributed by atoms with Crippen molar-refractivity contribution in [3.05, 3.63) is 18.0 Å². The molecule has 1 saturated heterocycles. The summed E-state index contributed by atoms with van der Waals surface area (Å²) in [4.78, 5) is 11.0. The van der Waals surface area contributed by atoms with Gasteiger partial charge in [-0.2, -0.15) is 0 Å². The predicted octanol–water partition coefficient (Wildman–Crippen LogP) is 1.42. The van der Waals surface area contributed by atoms with Crippen molar-refractivity contribution in [3.8, 4) is 0 Å². The number of piperidine rings is 1. The van der Waals surface area contributed by atoms with Crippen molar-refractivity contribution in [2.24, 2.45) is 17.6 Å². The van der Waals surface area contributed by atoms with Crippen LogP contribution >= 0.6 is 0 Å². The van der Waals surface area contributed by atoms with Gasteiger partial charge in [0.05, 0.1) is 0 Å². The molecule has 4 heteroatoms. The number of aromatic nitrogens is 2. The molecule has 2 N–H and O–H groups in total. The van der Waals surface area contributed by atoms with Crippen LogP contribution in [0.4, 0.5) is 5.95 Å². The molecular weight excluding hydrogens is 200 g/mol. The third-order valence-electron chi connectivity index (χ3n) is 3.08. The lowest BCUT2D eigenvalue weighted by Crippen LogP contribution is -2.39. The summed E-state index contributed by atoms with van der Waals surface area (Å²) in [6.07, 6.45) is 4.95. The highest BCUT2D eigenvalue weighted by molar-refractivity contribution is 5.30. The Morgan fingerprint density at radius 2 is 1.81 bits per heavy atom. The molecular formula is C12H20N4. The Bertz CT molecular complexity index is 325. The molecule has 1 aromatic rings. The molecule has 0 aliphatic carbocycles. The molecule has 2 atom stereocenters. The van der Waals surface area contributed by atoms with Crippen molar-refractivity contribution in [2.45, 2.75) is 26.8 Å². The summed E-state index contributed by atoms with van der Waals surface area (Å²) >= 11 is 0. The number of anilines is 1. The zero-order chi connectivity index (χ0) is 11.5. The Morgan fingerprint density at radius 3 is 2.31 bits per heavy atom. The van der Waals surface area contributed by atoms with Crippen molar-refractivity contribution < 1.29 is 0 Å². The molecule has 2 heterocycles. The molecule has 0 amide bonds. The minimum atomic E-state index is 0.507. The number of nitrogens with zero attached hydrogens (tertiary/aromatic N) is 3. The van der Waals surface area contributed by atoms with E-state index in [1.165, 1.54) is 6.42 Å². The van der Waals surface area contributed by atoms with Crippen molar-refractivity contribution in [3.63, 3.8) is 0 Å². The van der Waals surface area contributed by atoms with Gasteiger partial charge in [0.25, 0.3) is 0 Å². The van der Waals surface area contributed by atoms with Gasteiger partial charge >= 0.3 is 0 Å². The minimum Gasteiger partial charge on any atom is -0.340 e. The fraction of sp³-hybridized carbons (Fsp3) is 0.667. The average Bonchev–Trinajstić information content (AvgIpc) is 2.28. The van der Waals surface area contributed by atoms with Gasteiger partial charge in [0.2, 0.25) is 5.95 Å². The largest absolute Gasteiger partial charge is 0.340 e. The Kier molecular flexibility index (Phi) is 3.39. The highest BCUT2D eigenvalue weighted by atomic mass is 15.3. The van der Waals surface area contributed by atoms with E-state index in [0.717, 1.165) is 36.4 Å². The van der Waals surface area contributed by atoms with Gasteiger partial charge in [0.15, 0.2) is 0 Å². The Hall–Kier alpha value is -1.16. The lowest BCUT2D eigenvalue weighted by molar-refractivity contribution is 0.353. The van der Waals surface area contributed by atoms with E-state index < -0.39 is 0 Å². The lowest BCUT2D eigenvalue weighted by Gasteiger charge is -2.34. The molecule has 1 aromatic heterocycles. The normalized spacial score (nSPS) is 25.8. The number of rotatable bonds is 2. The zero-order valence-electron chi connectivity index (χ0n) is 10.1. The van der Waals surface area contributed by atoms with Crippen molar-refractivity contribution >= 4 is 5.95 Å². The van der Waals surface area contributed by atoms with Gasteiger partial charge in [0.1, 0.15) is 0 Å². The third-order valence-corrected chi connectivity index (χ3v) is 3.08. The van der Waals surface area contributed by atoms with Gasteiger partial charge in [-0.05, 0) is 18.3 Å². The molecule has 88 valence electrons. The maximum atomic E-state index is 5.53. The molecule has 0 bridgehead atoms. The van der Waals surface area contributed by atoms with E-state index in [1.807, 2.05) is 12.4 Å². The zero-order valence-corrected chi connectivity index (χ0v) is 10.1. The molecule has 1 aliphatic heterocycles. The van der Waals surface area contributed by atoms with Gasteiger partial charge < -0.3 is 10.6 Å². The second-order valence-corrected chi connectivity index (χ2v) is 4.95. The van der Waals surface area contributed by atoms with Crippen molar-refractivity contribution in [1.82, 2.24) is 9.97 Å². The Morgan fingerprint density at radius 1 is 1.25 bits per heavy atom. The summed E-state index contributed by atoms with van der Waals surface area (Å²) in [5.74, 6) is 2.29. The lowest BCUT2D eigenvalue weighted by atomic mass is 9.92. The van der Waals surface area contributed by atoms with E-state index in [0.29, 0.717) is 6.54 Å². The topological polar surface area (TPSA) is 55.0 Å². The van der Waals surface area contributed by atoms with Crippen LogP contribution < -0.4 is 10.6 Å². The quantitative estimate of drug-likeness (QED) is 0.819. The summed E-state index contributed by atoms with van der Waals surface area (Å²) in [5, 5.41) is 0. The molecule has 4 nitrogen and oxygen atoms in total. The van der Waals surface area contributed by atoms with Crippen LogP contribution in [0.1, 0.15) is 25.8 Å². The molecule has 1 aliphatic rings. The summed E-state index contributed by atoms with van der Waals surface area (Å²) in [7, 11) is 0. The van der Waals surface area contributed by atoms with Crippen molar-refractivity contribution in [2.75, 3.05) is 18.0 Å². The van der Waals surface area contributed by atoms with E-state index in [4.69, 9.17) is 5.73 Å². The van der Waals surface area contributed by atoms with Crippen LogP contribution in [-0.2, 0) is 6.54 Å². The second-order valence-electron chi connectivity index (χ2n) is 4.95. The fourth-order valence-corrected chi connectivity index (χ4v) is 2.44. The van der Waals surface area contributed by atoms with Crippen LogP contribution in [0.5, 0.6) is 0 Å². The van der Waals surface area contributed by atoms with Gasteiger partial charge in [-0.3, -0.25) is 0 Å². The first kappa shape index (κ1) is 11.3. The van der Waals surface area contributed by atoms with E-state index in [2.05, 4.69) is 28.7 Å². The van der Waals surface area contributed by atoms with Gasteiger partial charge in [-0.1, -0.05) is 13.8 Å². The summed E-state index contributed by atoms with van der Waals surface area (Å²) in [5.41, 5.74) is 6.52. The standard InChI is InChI=1S/C12H20N4/c1-9-3-10(2)8-16(7-9)12-14-5-11(4-13)6-15-12/h5-6,9-10H,3-4,7-8,13H2,1-2H3. The molecule has 0 spiro atoms.